The molecule has 0 bridgehead atoms. The van der Waals surface area contributed by atoms with Crippen molar-refractivity contribution in [3.8, 4) is 0 Å². The minimum absolute atomic E-state index is 0.223. The summed E-state index contributed by atoms with van der Waals surface area (Å²) in [6.45, 7) is 24.6. The van der Waals surface area contributed by atoms with E-state index in [2.05, 4.69) is 203 Å². The third-order valence-corrected chi connectivity index (χ3v) is 11.2. The molecule has 5 aromatic rings. The second-order valence-corrected chi connectivity index (χ2v) is 17.0. The summed E-state index contributed by atoms with van der Waals surface area (Å²) in [6, 6.07) is 43.4. The predicted molar refractivity (Wildman–Crippen MR) is 228 cm³/mol. The molecule has 0 atom stereocenters. The number of halogens is 1. The average Bonchev–Trinajstić information content (AvgIpc) is 3.65. The monoisotopic (exact) mass is 813 g/mol. The number of hydrogen-bond acceptors (Lipinski definition) is 3. The van der Waals surface area contributed by atoms with Crippen LogP contribution in [0.15, 0.2) is 121 Å². The van der Waals surface area contributed by atoms with E-state index in [9.17, 15) is 0 Å². The van der Waals surface area contributed by atoms with Crippen molar-refractivity contribution in [1.29, 1.82) is 0 Å². The van der Waals surface area contributed by atoms with Crippen LogP contribution in [0.1, 0.15) is 118 Å². The van der Waals surface area contributed by atoms with Crippen molar-refractivity contribution in [2.24, 2.45) is 0 Å². The molecule has 1 aliphatic rings. The van der Waals surface area contributed by atoms with Crippen LogP contribution < -0.4 is 14.7 Å². The molecule has 1 saturated heterocycles. The summed E-state index contributed by atoms with van der Waals surface area (Å²) in [6.07, 6.45) is 0. The van der Waals surface area contributed by atoms with Gasteiger partial charge in [-0.15, -0.1) is 0 Å². The van der Waals surface area contributed by atoms with Crippen molar-refractivity contribution >= 4 is 31.4 Å². The summed E-state index contributed by atoms with van der Waals surface area (Å²) in [7, 11) is 6.01. The van der Waals surface area contributed by atoms with Gasteiger partial charge >= 0.3 is 155 Å². The van der Waals surface area contributed by atoms with E-state index in [1.54, 1.807) is 0 Å². The van der Waals surface area contributed by atoms with E-state index in [1.165, 1.54) is 56.0 Å². The zero-order valence-electron chi connectivity index (χ0n) is 32.9. The van der Waals surface area contributed by atoms with Crippen LogP contribution in [0, 0.1) is 6.67 Å². The molecular weight excluding hydrogens is 755 g/mol. The van der Waals surface area contributed by atoms with E-state index >= 15 is 0 Å². The molecule has 281 valence electrons. The number of benzene rings is 5. The Morgan fingerprint density at radius 1 is 0.566 bits per heavy atom. The Kier molecular flexibility index (Phi) is 14.9. The molecule has 0 spiro atoms. The quantitative estimate of drug-likeness (QED) is 0.0918. The van der Waals surface area contributed by atoms with Crippen LogP contribution >= 0.6 is 9.69 Å². The van der Waals surface area contributed by atoms with E-state index < -0.39 is 0 Å². The molecule has 0 radical (unpaired) electrons. The summed E-state index contributed by atoms with van der Waals surface area (Å²) in [5, 5.41) is 0. The van der Waals surface area contributed by atoms with Crippen LogP contribution in [0.3, 0.4) is 0 Å². The van der Waals surface area contributed by atoms with Crippen molar-refractivity contribution in [3.05, 3.63) is 167 Å². The number of anilines is 3. The predicted octanol–water partition coefficient (Wildman–Crippen LogP) is 12.9. The molecule has 0 unspecified atom stereocenters. The van der Waals surface area contributed by atoms with Crippen molar-refractivity contribution in [2.45, 2.75) is 92.2 Å². The van der Waals surface area contributed by atoms with Gasteiger partial charge in [-0.1, -0.05) is 91.8 Å². The average molecular weight is 814 g/mol. The van der Waals surface area contributed by atoms with Crippen molar-refractivity contribution in [3.63, 3.8) is 0 Å². The van der Waals surface area contributed by atoms with E-state index in [-0.39, 0.29) is 15.7 Å². The SMILES string of the molecule is CC(C)c1cccc(C(C)C)c1N1[CH-]N(c2c(C(C)C)cccc2C(C)C)CC1.[Cl][Ru]=[CH]c1ccccc1CN(Cc1ccccc1)c1ccccc1. The summed E-state index contributed by atoms with van der Waals surface area (Å²) in [4.78, 5) is 7.42. The molecule has 0 aromatic heterocycles. The van der Waals surface area contributed by atoms with E-state index in [0.29, 0.717) is 23.7 Å². The molecule has 0 saturated carbocycles. The molecule has 5 heteroatoms. The summed E-state index contributed by atoms with van der Waals surface area (Å²) >= 11 is -0.223. The molecule has 0 N–H and O–H groups in total. The molecule has 1 heterocycles. The van der Waals surface area contributed by atoms with Crippen LogP contribution in [0.5, 0.6) is 0 Å². The maximum atomic E-state index is 6.01. The first kappa shape index (κ1) is 40.5. The molecule has 0 aliphatic carbocycles. The van der Waals surface area contributed by atoms with Gasteiger partial charge < -0.3 is 9.80 Å². The van der Waals surface area contributed by atoms with Gasteiger partial charge in [-0.05, 0) is 45.9 Å². The van der Waals surface area contributed by atoms with Gasteiger partial charge in [0.15, 0.2) is 0 Å². The van der Waals surface area contributed by atoms with Crippen LogP contribution in [0.25, 0.3) is 0 Å². The third-order valence-electron chi connectivity index (χ3n) is 10.0. The van der Waals surface area contributed by atoms with Crippen LogP contribution in [-0.4, -0.2) is 17.7 Å². The Hall–Kier alpha value is -3.72. The van der Waals surface area contributed by atoms with Crippen LogP contribution in [0.2, 0.25) is 0 Å². The third kappa shape index (κ3) is 10.5. The van der Waals surface area contributed by atoms with Crippen LogP contribution in [-0.2, 0) is 28.8 Å². The molecule has 5 aromatic carbocycles. The van der Waals surface area contributed by atoms with Crippen LogP contribution in [0.4, 0.5) is 17.1 Å². The van der Waals surface area contributed by atoms with Gasteiger partial charge in [0, 0.05) is 24.5 Å². The second kappa shape index (κ2) is 19.6. The summed E-state index contributed by atoms with van der Waals surface area (Å²) < 4.78 is 2.16. The van der Waals surface area contributed by atoms with Gasteiger partial charge in [0.1, 0.15) is 0 Å². The Morgan fingerprint density at radius 2 is 1.00 bits per heavy atom. The molecule has 1 aliphatic heterocycles. The van der Waals surface area contributed by atoms with Gasteiger partial charge in [-0.2, -0.15) is 6.67 Å². The van der Waals surface area contributed by atoms with Gasteiger partial charge in [-0.25, -0.2) is 0 Å². The number of para-hydroxylation sites is 3. The Labute approximate surface area is 332 Å². The van der Waals surface area contributed by atoms with Gasteiger partial charge in [0.2, 0.25) is 0 Å². The van der Waals surface area contributed by atoms with Crippen molar-refractivity contribution < 1.29 is 15.7 Å². The van der Waals surface area contributed by atoms with Gasteiger partial charge in [-0.3, -0.25) is 0 Å². The standard InChI is InChI=1S/C27H39N2.C21H19N.ClH.Ru/c1-18(2)22-11-9-12-23(19(3)4)26(22)28-15-16-29(17-28)27-24(20(5)6)13-10-14-25(27)21(7)8;1-18-10-8-9-13-20(18)17-22(21-14-6-3-7-15-21)16-19-11-4-2-5-12-19;;/h9-14,17-21H,15-16H2,1-8H3;1-15H,16-17H2;1H;/q-1;;;+1/p-1. The fourth-order valence-corrected chi connectivity index (χ4v) is 8.42. The zero-order chi connectivity index (χ0) is 37.9. The molecule has 6 rings (SSSR count). The topological polar surface area (TPSA) is 9.72 Å². The maximum absolute atomic E-state index is 6.01. The number of rotatable bonds is 12. The molecular formula is C48H58ClN3Ru-. The molecule has 0 amide bonds. The van der Waals surface area contributed by atoms with Crippen molar-refractivity contribution in [2.75, 3.05) is 27.8 Å². The normalized spacial score (nSPS) is 13.2. The first-order chi connectivity index (χ1) is 25.6. The van der Waals surface area contributed by atoms with Gasteiger partial charge in [0.25, 0.3) is 0 Å². The zero-order valence-corrected chi connectivity index (χ0v) is 35.4. The Morgan fingerprint density at radius 3 is 1.45 bits per heavy atom. The van der Waals surface area contributed by atoms with E-state index in [4.69, 9.17) is 9.69 Å². The van der Waals surface area contributed by atoms with Gasteiger partial charge in [0.05, 0.1) is 0 Å². The molecule has 1 fully saturated rings. The van der Waals surface area contributed by atoms with Crippen molar-refractivity contribution in [1.82, 2.24) is 0 Å². The summed E-state index contributed by atoms with van der Waals surface area (Å²) in [5.74, 6) is 2.06. The number of nitrogens with zero attached hydrogens (tertiary/aromatic N) is 3. The fraction of sp³-hybridized carbons (Fsp3) is 0.333. The fourth-order valence-electron chi connectivity index (χ4n) is 7.23. The number of hydrogen-bond donors (Lipinski definition) is 0. The molecule has 3 nitrogen and oxygen atoms in total. The minimum atomic E-state index is -0.223. The van der Waals surface area contributed by atoms with E-state index in [0.717, 1.165) is 26.2 Å². The summed E-state index contributed by atoms with van der Waals surface area (Å²) in [5.41, 5.74) is 13.8. The molecule has 53 heavy (non-hydrogen) atoms. The first-order valence-corrected chi connectivity index (χ1v) is 22.4. The second-order valence-electron chi connectivity index (χ2n) is 15.2. The Balaban J connectivity index is 0.000000208. The first-order valence-electron chi connectivity index (χ1n) is 19.2. The Bertz CT molecular complexity index is 1780. The van der Waals surface area contributed by atoms with E-state index in [1.807, 2.05) is 0 Å².